The lowest BCUT2D eigenvalue weighted by Gasteiger charge is -2.03. The molecule has 0 unspecified atom stereocenters. The highest BCUT2D eigenvalue weighted by Crippen LogP contribution is 2.06. The van der Waals surface area contributed by atoms with Crippen molar-refractivity contribution in [1.82, 2.24) is 5.32 Å². The van der Waals surface area contributed by atoms with Crippen molar-refractivity contribution in [3.05, 3.63) is 0 Å². The van der Waals surface area contributed by atoms with Gasteiger partial charge in [0.1, 0.15) is 0 Å². The lowest BCUT2D eigenvalue weighted by molar-refractivity contribution is -0.121. The molecule has 1 amide bonds. The van der Waals surface area contributed by atoms with Crippen molar-refractivity contribution in [3.63, 3.8) is 0 Å². The summed E-state index contributed by atoms with van der Waals surface area (Å²) in [7, 11) is 0. The number of nitrogens with one attached hydrogen (secondary N) is 1. The molecule has 0 rings (SSSR count). The van der Waals surface area contributed by atoms with Crippen LogP contribution in [0, 0.1) is 0 Å². The summed E-state index contributed by atoms with van der Waals surface area (Å²) in [5, 5.41) is 2.89. The topological polar surface area (TPSA) is 29.1 Å². The first kappa shape index (κ1) is 13.8. The van der Waals surface area contributed by atoms with Crippen LogP contribution in [0.2, 0.25) is 0 Å². The second kappa shape index (κ2) is 10.9. The van der Waals surface area contributed by atoms with Gasteiger partial charge in [0.2, 0.25) is 5.91 Å². The van der Waals surface area contributed by atoms with Gasteiger partial charge in [-0.3, -0.25) is 4.79 Å². The van der Waals surface area contributed by atoms with Gasteiger partial charge in [0.05, 0.1) is 0 Å². The highest BCUT2D eigenvalue weighted by Gasteiger charge is 1.98. The molecule has 0 heterocycles. The summed E-state index contributed by atoms with van der Waals surface area (Å²) in [4.78, 5) is 11.2. The van der Waals surface area contributed by atoms with Crippen LogP contribution in [0.4, 0.5) is 0 Å². The van der Waals surface area contributed by atoms with E-state index in [0.717, 1.165) is 19.4 Å². The van der Waals surface area contributed by atoms with E-state index >= 15 is 0 Å². The van der Waals surface area contributed by atoms with Crippen molar-refractivity contribution in [2.45, 2.75) is 46.0 Å². The maximum atomic E-state index is 11.2. The Morgan fingerprint density at radius 2 is 2.00 bits per heavy atom. The minimum atomic E-state index is 0.218. The molecule has 0 saturated carbocycles. The lowest BCUT2D eigenvalue weighted by Crippen LogP contribution is -2.23. The van der Waals surface area contributed by atoms with Gasteiger partial charge in [0.15, 0.2) is 0 Å². The molecule has 0 aliphatic carbocycles. The van der Waals surface area contributed by atoms with Gasteiger partial charge in [-0.25, -0.2) is 0 Å². The smallest absolute Gasteiger partial charge is 0.219 e. The molecule has 0 fully saturated rings. The number of hydrogen-bond donors (Lipinski definition) is 1. The molecule has 0 aromatic rings. The van der Waals surface area contributed by atoms with Crippen LogP contribution < -0.4 is 5.32 Å². The van der Waals surface area contributed by atoms with Crippen molar-refractivity contribution in [3.8, 4) is 0 Å². The van der Waals surface area contributed by atoms with Gasteiger partial charge in [0, 0.05) is 13.0 Å². The molecule has 0 bridgehead atoms. The Balaban J connectivity index is 3.07. The van der Waals surface area contributed by atoms with E-state index in [1.165, 1.54) is 24.3 Å². The van der Waals surface area contributed by atoms with Gasteiger partial charge in [-0.15, -0.1) is 0 Å². The van der Waals surface area contributed by atoms with Crippen LogP contribution in [0.5, 0.6) is 0 Å². The van der Waals surface area contributed by atoms with Gasteiger partial charge >= 0.3 is 0 Å². The quantitative estimate of drug-likeness (QED) is 0.602. The van der Waals surface area contributed by atoms with Crippen molar-refractivity contribution in [2.75, 3.05) is 18.1 Å². The molecular weight excluding hydrogens is 194 g/mol. The third kappa shape index (κ3) is 9.90. The summed E-state index contributed by atoms with van der Waals surface area (Å²) in [5.74, 6) is 2.67. The van der Waals surface area contributed by atoms with E-state index < -0.39 is 0 Å². The summed E-state index contributed by atoms with van der Waals surface area (Å²) in [6.07, 6.45) is 5.21. The van der Waals surface area contributed by atoms with Crippen molar-refractivity contribution < 1.29 is 4.79 Å². The van der Waals surface area contributed by atoms with Gasteiger partial charge in [-0.2, -0.15) is 11.8 Å². The van der Waals surface area contributed by atoms with Crippen molar-refractivity contribution in [2.24, 2.45) is 0 Å². The number of carbonyl (C=O) groups is 1. The lowest BCUT2D eigenvalue weighted by atomic mass is 10.2. The van der Waals surface area contributed by atoms with Crippen LogP contribution in [0.1, 0.15) is 46.0 Å². The third-order valence-corrected chi connectivity index (χ3v) is 2.95. The van der Waals surface area contributed by atoms with E-state index in [0.29, 0.717) is 6.42 Å². The summed E-state index contributed by atoms with van der Waals surface area (Å²) >= 11 is 1.98. The van der Waals surface area contributed by atoms with Gasteiger partial charge in [-0.1, -0.05) is 20.3 Å². The van der Waals surface area contributed by atoms with E-state index in [9.17, 15) is 4.79 Å². The molecule has 0 atom stereocenters. The molecule has 1 N–H and O–H groups in total. The molecule has 0 radical (unpaired) electrons. The zero-order valence-corrected chi connectivity index (χ0v) is 10.3. The van der Waals surface area contributed by atoms with Crippen LogP contribution in [0.3, 0.4) is 0 Å². The summed E-state index contributed by atoms with van der Waals surface area (Å²) in [6, 6.07) is 0. The fourth-order valence-corrected chi connectivity index (χ4v) is 1.86. The number of rotatable bonds is 9. The average molecular weight is 217 g/mol. The second-order valence-corrected chi connectivity index (χ2v) is 4.75. The van der Waals surface area contributed by atoms with Gasteiger partial charge in [-0.05, 0) is 30.8 Å². The Labute approximate surface area is 92.2 Å². The van der Waals surface area contributed by atoms with Crippen LogP contribution in [-0.4, -0.2) is 24.0 Å². The summed E-state index contributed by atoms with van der Waals surface area (Å²) in [6.45, 7) is 5.08. The van der Waals surface area contributed by atoms with E-state index in [1.807, 2.05) is 11.8 Å². The fraction of sp³-hybridized carbons (Fsp3) is 0.909. The van der Waals surface area contributed by atoms with Crippen LogP contribution in [0.15, 0.2) is 0 Å². The molecule has 0 saturated heterocycles. The van der Waals surface area contributed by atoms with Crippen LogP contribution >= 0.6 is 11.8 Å². The summed E-state index contributed by atoms with van der Waals surface area (Å²) < 4.78 is 0. The monoisotopic (exact) mass is 217 g/mol. The molecule has 0 aromatic heterocycles. The van der Waals surface area contributed by atoms with Crippen LogP contribution in [0.25, 0.3) is 0 Å². The zero-order chi connectivity index (χ0) is 10.6. The fourth-order valence-electron chi connectivity index (χ4n) is 1.16. The molecule has 14 heavy (non-hydrogen) atoms. The summed E-state index contributed by atoms with van der Waals surface area (Å²) in [5.41, 5.74) is 0. The zero-order valence-electron chi connectivity index (χ0n) is 9.47. The highest BCUT2D eigenvalue weighted by atomic mass is 32.2. The Morgan fingerprint density at radius 3 is 2.64 bits per heavy atom. The van der Waals surface area contributed by atoms with Gasteiger partial charge < -0.3 is 5.32 Å². The predicted molar refractivity (Wildman–Crippen MR) is 64.8 cm³/mol. The second-order valence-electron chi connectivity index (χ2n) is 3.36. The normalized spacial score (nSPS) is 10.1. The number of amides is 1. The molecule has 2 nitrogen and oxygen atoms in total. The molecule has 0 aliphatic rings. The molecular formula is C11H23NOS. The van der Waals surface area contributed by atoms with E-state index in [2.05, 4.69) is 19.2 Å². The van der Waals surface area contributed by atoms with Gasteiger partial charge in [0.25, 0.3) is 0 Å². The SMILES string of the molecule is CCCNC(=O)CCCCCSCC. The number of thioether (sulfide) groups is 1. The highest BCUT2D eigenvalue weighted by molar-refractivity contribution is 7.99. The first-order valence-electron chi connectivity index (χ1n) is 5.65. The number of unbranched alkanes of at least 4 members (excludes halogenated alkanes) is 2. The molecule has 84 valence electrons. The van der Waals surface area contributed by atoms with E-state index in [-0.39, 0.29) is 5.91 Å². The minimum Gasteiger partial charge on any atom is -0.356 e. The first-order valence-corrected chi connectivity index (χ1v) is 6.81. The third-order valence-electron chi connectivity index (χ3n) is 1.97. The molecule has 0 spiro atoms. The number of hydrogen-bond acceptors (Lipinski definition) is 2. The van der Waals surface area contributed by atoms with E-state index in [4.69, 9.17) is 0 Å². The largest absolute Gasteiger partial charge is 0.356 e. The predicted octanol–water partition coefficient (Wildman–Crippen LogP) is 2.83. The molecule has 0 aliphatic heterocycles. The van der Waals surface area contributed by atoms with Crippen LogP contribution in [-0.2, 0) is 4.79 Å². The molecule has 0 aromatic carbocycles. The van der Waals surface area contributed by atoms with Crippen molar-refractivity contribution in [1.29, 1.82) is 0 Å². The van der Waals surface area contributed by atoms with Crippen molar-refractivity contribution >= 4 is 17.7 Å². The Bertz CT molecular complexity index is 139. The standard InChI is InChI=1S/C11H23NOS/c1-3-9-12-11(13)8-6-5-7-10-14-4-2/h3-10H2,1-2H3,(H,12,13). The Hall–Kier alpha value is -0.180. The Morgan fingerprint density at radius 1 is 1.21 bits per heavy atom. The minimum absolute atomic E-state index is 0.218. The maximum Gasteiger partial charge on any atom is 0.219 e. The number of carbonyl (C=O) groups excluding carboxylic acids is 1. The molecule has 3 heteroatoms. The first-order chi connectivity index (χ1) is 6.81. The average Bonchev–Trinajstić information content (AvgIpc) is 2.20. The van der Waals surface area contributed by atoms with E-state index in [1.54, 1.807) is 0 Å². The maximum absolute atomic E-state index is 11.2. The Kier molecular flexibility index (Phi) is 10.8.